The highest BCUT2D eigenvalue weighted by Crippen LogP contribution is 2.24. The molecular weight excluding hydrogens is 925 g/mol. The number of rotatable bonds is 20. The number of nitrogens with zero attached hydrogens (tertiary/aromatic N) is 7. The number of ketones is 1. The Hall–Kier alpha value is -9.53. The summed E-state index contributed by atoms with van der Waals surface area (Å²) in [5.41, 5.74) is 15.9. The molecule has 6 aromatic carbocycles. The van der Waals surface area contributed by atoms with E-state index in [0.717, 1.165) is 50.9 Å². The van der Waals surface area contributed by atoms with Crippen LogP contribution in [0.3, 0.4) is 0 Å². The molecule has 0 atom stereocenters. The summed E-state index contributed by atoms with van der Waals surface area (Å²) >= 11 is 0. The second kappa shape index (κ2) is 24.3. The summed E-state index contributed by atoms with van der Waals surface area (Å²) in [5.74, 6) is 1.63. The molecule has 0 aliphatic heterocycles. The Kier molecular flexibility index (Phi) is 16.6. The van der Waals surface area contributed by atoms with Crippen molar-refractivity contribution in [3.05, 3.63) is 226 Å². The van der Waals surface area contributed by atoms with Crippen LogP contribution in [0, 0.1) is 13.8 Å². The van der Waals surface area contributed by atoms with Crippen LogP contribution < -0.4 is 14.8 Å². The van der Waals surface area contributed by atoms with Crippen molar-refractivity contribution in [3.63, 3.8) is 0 Å². The van der Waals surface area contributed by atoms with Gasteiger partial charge in [-0.15, -0.1) is 5.10 Å². The Morgan fingerprint density at radius 2 is 1.11 bits per heavy atom. The number of carboxylic acids is 1. The number of ether oxygens (including phenoxy) is 2. The lowest BCUT2D eigenvalue weighted by molar-refractivity contribution is -0.122. The van der Waals surface area contributed by atoms with Gasteiger partial charge in [-0.05, 0) is 91.2 Å². The first-order valence-corrected chi connectivity index (χ1v) is 23.4. The molecule has 0 spiro atoms. The summed E-state index contributed by atoms with van der Waals surface area (Å²) in [6.45, 7) is 5.10. The normalized spacial score (nSPS) is 10.7. The molecule has 9 aromatic rings. The standard InChI is InChI=1S/C29H26N4O4.C28H24N4O4/c1-20-25(30-28(37-20)23-10-6-3-7-11-23)16-17-36-24-14-12-21(13-15-24)18-26-27(29(34)35)31-32-33(26)19-22-8-4-2-5-9-22;1-19-24(31-28(36-19)21-8-4-2-5-9-21)16-17-35-23-14-12-20(13-15-23)18-25(33)26(32-29)27(34)30-22-10-6-3-7-11-22/h2-15H,16-19H2,1H3,(H,34,35);2-15H,16-18H2,1H3,(H,30,34). The summed E-state index contributed by atoms with van der Waals surface area (Å²) < 4.78 is 25.0. The number of oxazole rings is 2. The van der Waals surface area contributed by atoms with Gasteiger partial charge in [-0.3, -0.25) is 9.59 Å². The van der Waals surface area contributed by atoms with E-state index in [9.17, 15) is 25.0 Å². The molecule has 1 amide bonds. The van der Waals surface area contributed by atoms with Gasteiger partial charge < -0.3 is 34.3 Å². The van der Waals surface area contributed by atoms with Gasteiger partial charge in [0.15, 0.2) is 5.69 Å². The Labute approximate surface area is 420 Å². The number of hydrogen-bond acceptors (Lipinski definition) is 11. The first-order valence-electron chi connectivity index (χ1n) is 23.4. The summed E-state index contributed by atoms with van der Waals surface area (Å²) in [7, 11) is 0. The molecule has 16 heteroatoms. The highest BCUT2D eigenvalue weighted by atomic mass is 16.5. The minimum Gasteiger partial charge on any atom is -0.493 e. The zero-order valence-corrected chi connectivity index (χ0v) is 40.1. The number of carbonyl (C=O) groups is 3. The summed E-state index contributed by atoms with van der Waals surface area (Å²) in [6, 6.07) is 52.5. The van der Waals surface area contributed by atoms with Gasteiger partial charge in [0, 0.05) is 42.5 Å². The minimum absolute atomic E-state index is 0.0332. The molecule has 0 aliphatic rings. The van der Waals surface area contributed by atoms with Gasteiger partial charge in [-0.2, -0.15) is 4.79 Å². The lowest BCUT2D eigenvalue weighted by Gasteiger charge is -2.09. The van der Waals surface area contributed by atoms with E-state index in [4.69, 9.17) is 18.3 Å². The molecule has 0 radical (unpaired) electrons. The van der Waals surface area contributed by atoms with Crippen molar-refractivity contribution < 1.29 is 42.6 Å². The quantitative estimate of drug-likeness (QED) is 0.0315. The summed E-state index contributed by atoms with van der Waals surface area (Å²) in [6.07, 6.45) is 1.50. The smallest absolute Gasteiger partial charge is 0.422 e. The molecular formula is C57H50N8O8. The number of aromatic nitrogens is 5. The van der Waals surface area contributed by atoms with E-state index in [1.165, 1.54) is 0 Å². The minimum atomic E-state index is -1.09. The van der Waals surface area contributed by atoms with Gasteiger partial charge in [-0.1, -0.05) is 114 Å². The van der Waals surface area contributed by atoms with E-state index in [1.807, 2.05) is 129 Å². The number of aryl methyl sites for hydroxylation is 2. The SMILES string of the molecule is Cc1oc(-c2ccccc2)nc1CCOc1ccc(CC(=O)C(=[N+]=[N-])C(=O)Nc2ccccc2)cc1.Cc1oc(-c2ccccc2)nc1CCOc1ccc(Cc2c(C(=O)O)nnn2Cc2ccccc2)cc1. The molecule has 0 aliphatic carbocycles. The highest BCUT2D eigenvalue weighted by Gasteiger charge is 2.29. The highest BCUT2D eigenvalue weighted by molar-refractivity contribution is 6.65. The maximum atomic E-state index is 12.5. The van der Waals surface area contributed by atoms with Crippen molar-refractivity contribution in [1.82, 2.24) is 25.0 Å². The molecule has 9 rings (SSSR count). The predicted octanol–water partition coefficient (Wildman–Crippen LogP) is 9.89. The number of Topliss-reactive ketones (excluding diaryl/α,β-unsaturated/α-hetero) is 1. The maximum absolute atomic E-state index is 12.5. The van der Waals surface area contributed by atoms with Crippen LogP contribution in [0.15, 0.2) is 179 Å². The van der Waals surface area contributed by atoms with Gasteiger partial charge >= 0.3 is 17.6 Å². The van der Waals surface area contributed by atoms with E-state index in [0.29, 0.717) is 73.5 Å². The number of hydrogen-bond donors (Lipinski definition) is 2. The molecule has 0 fully saturated rings. The average molecular weight is 975 g/mol. The Morgan fingerprint density at radius 1 is 0.630 bits per heavy atom. The first-order chi connectivity index (χ1) is 35.6. The van der Waals surface area contributed by atoms with Gasteiger partial charge in [0.2, 0.25) is 11.8 Å². The van der Waals surface area contributed by atoms with Crippen LogP contribution in [0.25, 0.3) is 28.4 Å². The fraction of sp³-hybridized carbons (Fsp3) is 0.158. The van der Waals surface area contributed by atoms with E-state index in [-0.39, 0.29) is 12.1 Å². The fourth-order valence-corrected chi connectivity index (χ4v) is 7.63. The summed E-state index contributed by atoms with van der Waals surface area (Å²) in [4.78, 5) is 48.7. The topological polar surface area (TPSA) is 221 Å². The van der Waals surface area contributed by atoms with Crippen LogP contribution >= 0.6 is 0 Å². The Balaban J connectivity index is 0.000000195. The van der Waals surface area contributed by atoms with Gasteiger partial charge in [0.05, 0.1) is 36.8 Å². The number of carboxylic acid groups (broad SMARTS) is 1. The Morgan fingerprint density at radius 3 is 1.60 bits per heavy atom. The van der Waals surface area contributed by atoms with Crippen LogP contribution in [0.1, 0.15) is 55.8 Å². The van der Waals surface area contributed by atoms with E-state index in [2.05, 4.69) is 30.4 Å². The number of nitrogens with one attached hydrogen (secondary N) is 1. The molecule has 0 saturated carbocycles. The van der Waals surface area contributed by atoms with Gasteiger partial charge in [0.1, 0.15) is 23.0 Å². The molecule has 73 heavy (non-hydrogen) atoms. The van der Waals surface area contributed by atoms with Crippen molar-refractivity contribution in [2.45, 2.75) is 46.1 Å². The van der Waals surface area contributed by atoms with Gasteiger partial charge in [-0.25, -0.2) is 19.4 Å². The molecule has 3 heterocycles. The van der Waals surface area contributed by atoms with Crippen molar-refractivity contribution in [2.75, 3.05) is 18.5 Å². The van der Waals surface area contributed by atoms with Crippen molar-refractivity contribution in [3.8, 4) is 34.4 Å². The van der Waals surface area contributed by atoms with Crippen molar-refractivity contribution >= 4 is 29.1 Å². The zero-order valence-electron chi connectivity index (χ0n) is 40.1. The molecule has 3 aromatic heterocycles. The number of amides is 1. The summed E-state index contributed by atoms with van der Waals surface area (Å²) in [5, 5.41) is 20.1. The third kappa shape index (κ3) is 13.6. The van der Waals surface area contributed by atoms with E-state index >= 15 is 0 Å². The third-order valence-electron chi connectivity index (χ3n) is 11.5. The number of anilines is 1. The first kappa shape index (κ1) is 49.9. The third-order valence-corrected chi connectivity index (χ3v) is 11.5. The largest absolute Gasteiger partial charge is 0.493 e. The predicted molar refractivity (Wildman–Crippen MR) is 272 cm³/mol. The van der Waals surface area contributed by atoms with E-state index in [1.54, 1.807) is 59.3 Å². The lowest BCUT2D eigenvalue weighted by atomic mass is 10.1. The lowest BCUT2D eigenvalue weighted by Crippen LogP contribution is -2.32. The second-order valence-electron chi connectivity index (χ2n) is 16.6. The van der Waals surface area contributed by atoms with Crippen LogP contribution in [0.4, 0.5) is 5.69 Å². The molecule has 2 N–H and O–H groups in total. The van der Waals surface area contributed by atoms with Gasteiger partial charge in [0.25, 0.3) is 5.78 Å². The van der Waals surface area contributed by atoms with Crippen LogP contribution in [0.2, 0.25) is 0 Å². The van der Waals surface area contributed by atoms with Crippen LogP contribution in [-0.2, 0) is 41.8 Å². The molecule has 0 saturated heterocycles. The number of carbonyl (C=O) groups excluding carboxylic acids is 2. The zero-order chi connectivity index (χ0) is 50.9. The second-order valence-corrected chi connectivity index (χ2v) is 16.6. The average Bonchev–Trinajstić information content (AvgIpc) is 4.12. The molecule has 0 bridgehead atoms. The van der Waals surface area contributed by atoms with Crippen molar-refractivity contribution in [1.29, 1.82) is 0 Å². The monoisotopic (exact) mass is 974 g/mol. The molecule has 0 unspecified atom stereocenters. The van der Waals surface area contributed by atoms with E-state index < -0.39 is 23.4 Å². The number of aromatic carboxylic acids is 1. The van der Waals surface area contributed by atoms with Crippen LogP contribution in [-0.4, -0.2) is 71.4 Å². The maximum Gasteiger partial charge on any atom is 0.422 e. The fourth-order valence-electron chi connectivity index (χ4n) is 7.63. The molecule has 366 valence electrons. The van der Waals surface area contributed by atoms with Crippen molar-refractivity contribution in [2.24, 2.45) is 0 Å². The van der Waals surface area contributed by atoms with Crippen LogP contribution in [0.5, 0.6) is 11.5 Å². The number of para-hydroxylation sites is 1. The molecule has 16 nitrogen and oxygen atoms in total. The number of benzene rings is 6. The Bertz CT molecular complexity index is 3310.